The highest BCUT2D eigenvalue weighted by molar-refractivity contribution is 9.10. The zero-order valence-corrected chi connectivity index (χ0v) is 13.6. The minimum absolute atomic E-state index is 0.131. The minimum Gasteiger partial charge on any atom is -0.486 e. The lowest BCUT2D eigenvalue weighted by Gasteiger charge is -2.18. The highest BCUT2D eigenvalue weighted by atomic mass is 79.9. The first-order valence-electron chi connectivity index (χ1n) is 6.02. The van der Waals surface area contributed by atoms with E-state index in [2.05, 4.69) is 15.9 Å². The maximum atomic E-state index is 12.1. The number of ether oxygens (including phenoxy) is 2. The maximum absolute atomic E-state index is 12.1. The summed E-state index contributed by atoms with van der Waals surface area (Å²) >= 11 is 6.36. The molecule has 3 rings (SSSR count). The van der Waals surface area contributed by atoms with E-state index in [-0.39, 0.29) is 5.78 Å². The van der Waals surface area contributed by atoms with Gasteiger partial charge in [0, 0.05) is 9.37 Å². The molecule has 0 aliphatic carbocycles. The van der Waals surface area contributed by atoms with Crippen LogP contribution in [0.2, 0.25) is 0 Å². The first-order valence-corrected chi connectivity index (χ1v) is 8.68. The van der Waals surface area contributed by atoms with Gasteiger partial charge in [-0.25, -0.2) is 0 Å². The highest BCUT2D eigenvalue weighted by Crippen LogP contribution is 2.34. The molecular weight excluding hydrogens is 360 g/mol. The van der Waals surface area contributed by atoms with Crippen molar-refractivity contribution in [3.05, 3.63) is 39.0 Å². The minimum atomic E-state index is 0.131. The fourth-order valence-corrected chi connectivity index (χ4v) is 4.24. The molecule has 1 aliphatic rings. The fraction of sp³-hybridized carbons (Fsp3) is 0.214. The van der Waals surface area contributed by atoms with Crippen LogP contribution in [0, 0.1) is 0 Å². The van der Waals surface area contributed by atoms with Crippen LogP contribution in [0.25, 0.3) is 0 Å². The standard InChI is InChI=1S/C14H11BrO3S2/c15-10-3-6-19-14(10)11(16)8-20-9-1-2-12-13(7-9)18-5-4-17-12/h1-3,6-7H,4-5,8H2. The van der Waals surface area contributed by atoms with Crippen LogP contribution in [0.1, 0.15) is 9.67 Å². The summed E-state index contributed by atoms with van der Waals surface area (Å²) in [7, 11) is 0. The van der Waals surface area contributed by atoms with Crippen molar-refractivity contribution < 1.29 is 14.3 Å². The van der Waals surface area contributed by atoms with E-state index in [1.807, 2.05) is 29.6 Å². The van der Waals surface area contributed by atoms with Gasteiger partial charge in [0.25, 0.3) is 0 Å². The van der Waals surface area contributed by atoms with E-state index in [4.69, 9.17) is 9.47 Å². The molecule has 0 unspecified atom stereocenters. The summed E-state index contributed by atoms with van der Waals surface area (Å²) in [6.45, 7) is 1.16. The van der Waals surface area contributed by atoms with Crippen molar-refractivity contribution >= 4 is 44.8 Å². The van der Waals surface area contributed by atoms with Crippen LogP contribution in [-0.2, 0) is 0 Å². The summed E-state index contributed by atoms with van der Waals surface area (Å²) in [4.78, 5) is 13.9. The Morgan fingerprint density at radius 2 is 2.05 bits per heavy atom. The van der Waals surface area contributed by atoms with Crippen LogP contribution in [0.4, 0.5) is 0 Å². The zero-order valence-electron chi connectivity index (χ0n) is 10.4. The lowest BCUT2D eigenvalue weighted by Crippen LogP contribution is -2.15. The Hall–Kier alpha value is -0.980. The summed E-state index contributed by atoms with van der Waals surface area (Å²) in [5.41, 5.74) is 0. The second kappa shape index (κ2) is 6.20. The van der Waals surface area contributed by atoms with Crippen LogP contribution >= 0.6 is 39.0 Å². The second-order valence-corrected chi connectivity index (χ2v) is 6.93. The molecule has 2 heterocycles. The van der Waals surface area contributed by atoms with Crippen LogP contribution in [0.15, 0.2) is 39.0 Å². The second-order valence-electron chi connectivity index (χ2n) is 4.11. The van der Waals surface area contributed by atoms with Gasteiger partial charge in [0.2, 0.25) is 0 Å². The van der Waals surface area contributed by atoms with Crippen molar-refractivity contribution in [1.29, 1.82) is 0 Å². The van der Waals surface area contributed by atoms with Crippen LogP contribution in [0.5, 0.6) is 11.5 Å². The van der Waals surface area contributed by atoms with E-state index in [0.717, 1.165) is 25.7 Å². The van der Waals surface area contributed by atoms with Gasteiger partial charge in [0.05, 0.1) is 10.6 Å². The molecule has 0 spiro atoms. The van der Waals surface area contributed by atoms with Crippen LogP contribution < -0.4 is 9.47 Å². The topological polar surface area (TPSA) is 35.5 Å². The molecule has 0 atom stereocenters. The lowest BCUT2D eigenvalue weighted by atomic mass is 10.3. The molecule has 20 heavy (non-hydrogen) atoms. The van der Waals surface area contributed by atoms with E-state index in [1.165, 1.54) is 23.1 Å². The molecule has 104 valence electrons. The third-order valence-corrected chi connectivity index (χ3v) is 5.63. The predicted octanol–water partition coefficient (Wildman–Crippen LogP) is 4.26. The largest absolute Gasteiger partial charge is 0.486 e. The number of carbonyl (C=O) groups excluding carboxylic acids is 1. The van der Waals surface area contributed by atoms with Gasteiger partial charge in [-0.15, -0.1) is 23.1 Å². The highest BCUT2D eigenvalue weighted by Gasteiger charge is 2.14. The number of Topliss-reactive ketones (excluding diaryl/α,β-unsaturated/α-hetero) is 1. The third kappa shape index (κ3) is 3.02. The molecule has 0 bridgehead atoms. The predicted molar refractivity (Wildman–Crippen MR) is 84.5 cm³/mol. The van der Waals surface area contributed by atoms with Crippen LogP contribution in [-0.4, -0.2) is 24.7 Å². The molecule has 1 aromatic heterocycles. The summed E-state index contributed by atoms with van der Waals surface area (Å²) in [6.07, 6.45) is 0. The molecule has 0 N–H and O–H groups in total. The number of ketones is 1. The Balaban J connectivity index is 1.67. The van der Waals surface area contributed by atoms with Crippen molar-refractivity contribution in [3.8, 4) is 11.5 Å². The zero-order chi connectivity index (χ0) is 13.9. The Kier molecular flexibility index (Phi) is 4.33. The smallest absolute Gasteiger partial charge is 0.184 e. The van der Waals surface area contributed by atoms with Gasteiger partial charge in [0.1, 0.15) is 13.2 Å². The van der Waals surface area contributed by atoms with E-state index in [9.17, 15) is 4.79 Å². The summed E-state index contributed by atoms with van der Waals surface area (Å²) in [6, 6.07) is 7.67. The molecule has 1 aliphatic heterocycles. The number of thiophene rings is 1. The van der Waals surface area contributed by atoms with Crippen molar-refractivity contribution in [1.82, 2.24) is 0 Å². The van der Waals surface area contributed by atoms with Gasteiger partial charge in [0.15, 0.2) is 17.3 Å². The quantitative estimate of drug-likeness (QED) is 0.595. The molecule has 1 aromatic carbocycles. The molecule has 0 saturated carbocycles. The monoisotopic (exact) mass is 370 g/mol. The summed E-state index contributed by atoms with van der Waals surface area (Å²) in [5, 5.41) is 1.91. The van der Waals surface area contributed by atoms with Gasteiger partial charge < -0.3 is 9.47 Å². The van der Waals surface area contributed by atoms with E-state index >= 15 is 0 Å². The molecule has 3 nitrogen and oxygen atoms in total. The molecule has 0 radical (unpaired) electrons. The molecule has 2 aromatic rings. The number of hydrogen-bond donors (Lipinski definition) is 0. The van der Waals surface area contributed by atoms with Gasteiger partial charge in [-0.05, 0) is 45.6 Å². The van der Waals surface area contributed by atoms with E-state index in [1.54, 1.807) is 0 Å². The van der Waals surface area contributed by atoms with E-state index < -0.39 is 0 Å². The molecule has 0 fully saturated rings. The average Bonchev–Trinajstić information content (AvgIpc) is 2.91. The Morgan fingerprint density at radius 3 is 2.80 bits per heavy atom. The number of rotatable bonds is 4. The molecule has 0 amide bonds. The SMILES string of the molecule is O=C(CSc1ccc2c(c1)OCCO2)c1sccc1Br. The molecular formula is C14H11BrO3S2. The molecule has 0 saturated heterocycles. The number of benzene rings is 1. The van der Waals surface area contributed by atoms with E-state index in [0.29, 0.717) is 19.0 Å². The van der Waals surface area contributed by atoms with Crippen LogP contribution in [0.3, 0.4) is 0 Å². The maximum Gasteiger partial charge on any atom is 0.184 e. The lowest BCUT2D eigenvalue weighted by molar-refractivity contribution is 0.102. The molecule has 6 heteroatoms. The van der Waals surface area contributed by atoms with Crippen molar-refractivity contribution in [2.24, 2.45) is 0 Å². The van der Waals surface area contributed by atoms with Crippen molar-refractivity contribution in [2.75, 3.05) is 19.0 Å². The first kappa shape index (κ1) is 14.0. The van der Waals surface area contributed by atoms with Crippen molar-refractivity contribution in [3.63, 3.8) is 0 Å². The van der Waals surface area contributed by atoms with Gasteiger partial charge in [-0.3, -0.25) is 4.79 Å². The van der Waals surface area contributed by atoms with Gasteiger partial charge in [-0.2, -0.15) is 0 Å². The fourth-order valence-electron chi connectivity index (χ4n) is 1.82. The number of hydrogen-bond acceptors (Lipinski definition) is 5. The number of thioether (sulfide) groups is 1. The number of halogens is 1. The Bertz CT molecular complexity index is 639. The number of carbonyl (C=O) groups is 1. The Morgan fingerprint density at radius 1 is 1.25 bits per heavy atom. The average molecular weight is 371 g/mol. The van der Waals surface area contributed by atoms with Gasteiger partial charge >= 0.3 is 0 Å². The number of fused-ring (bicyclic) bond motifs is 1. The summed E-state index contributed by atoms with van der Waals surface area (Å²) in [5.74, 6) is 2.07. The van der Waals surface area contributed by atoms with Gasteiger partial charge in [-0.1, -0.05) is 0 Å². The third-order valence-electron chi connectivity index (χ3n) is 2.75. The normalized spacial score (nSPS) is 13.2. The van der Waals surface area contributed by atoms with Crippen molar-refractivity contribution in [2.45, 2.75) is 4.90 Å². The summed E-state index contributed by atoms with van der Waals surface area (Å²) < 4.78 is 11.9. The first-order chi connectivity index (χ1) is 9.74. The Labute approximate surface area is 133 Å².